The maximum atomic E-state index is 12.2. The molecule has 1 aromatic heterocycles. The second kappa shape index (κ2) is 7.09. The van der Waals surface area contributed by atoms with Gasteiger partial charge in [0.25, 0.3) is 0 Å². The number of hydrogen-bond donors (Lipinski definition) is 1. The molecule has 132 valence electrons. The molecule has 1 atom stereocenters. The van der Waals surface area contributed by atoms with Crippen molar-refractivity contribution in [3.05, 3.63) is 47.3 Å². The van der Waals surface area contributed by atoms with Crippen molar-refractivity contribution in [2.24, 2.45) is 0 Å². The van der Waals surface area contributed by atoms with Crippen molar-refractivity contribution in [3.63, 3.8) is 0 Å². The van der Waals surface area contributed by atoms with Crippen LogP contribution in [0.15, 0.2) is 30.5 Å². The fourth-order valence-electron chi connectivity index (χ4n) is 3.30. The highest BCUT2D eigenvalue weighted by Crippen LogP contribution is 2.22. The first-order valence-corrected chi connectivity index (χ1v) is 8.65. The monoisotopic (exact) mass is 340 g/mol. The van der Waals surface area contributed by atoms with E-state index in [1.807, 2.05) is 49.7 Å². The van der Waals surface area contributed by atoms with Crippen molar-refractivity contribution in [1.82, 2.24) is 20.0 Å². The fourth-order valence-corrected chi connectivity index (χ4v) is 3.30. The minimum atomic E-state index is -0.164. The molecule has 0 unspecified atom stereocenters. The highest BCUT2D eigenvalue weighted by Gasteiger charge is 2.23. The summed E-state index contributed by atoms with van der Waals surface area (Å²) in [7, 11) is 0. The van der Waals surface area contributed by atoms with E-state index in [9.17, 15) is 9.59 Å². The lowest BCUT2D eigenvalue weighted by molar-refractivity contribution is -0.133. The number of aromatic nitrogens is 2. The maximum absolute atomic E-state index is 12.2. The zero-order valence-electron chi connectivity index (χ0n) is 15.0. The average molecular weight is 340 g/mol. The molecule has 1 aliphatic rings. The predicted molar refractivity (Wildman–Crippen MR) is 95.4 cm³/mol. The molecule has 1 saturated heterocycles. The summed E-state index contributed by atoms with van der Waals surface area (Å²) in [6.07, 6.45) is 3.18. The number of rotatable bonds is 5. The number of nitrogens with zero attached hydrogens (tertiary/aromatic N) is 3. The molecule has 3 rings (SSSR count). The molecule has 1 aliphatic heterocycles. The lowest BCUT2D eigenvalue weighted by Gasteiger charge is -2.18. The summed E-state index contributed by atoms with van der Waals surface area (Å²) in [6, 6.07) is 7.90. The molecule has 2 amide bonds. The standard InChI is InChI=1S/C19H24N4O2/c1-13-7-4-5-8-17(13)23-15(3)16(11-20-23)14(2)21-18(24)12-22-10-6-9-19(22)25/h4-5,7-8,11,14H,6,9-10,12H2,1-3H3,(H,21,24)/t14-/m0/s1. The lowest BCUT2D eigenvalue weighted by atomic mass is 10.1. The number of carbonyl (C=O) groups excluding carboxylic acids is 2. The third-order valence-corrected chi connectivity index (χ3v) is 4.74. The second-order valence-corrected chi connectivity index (χ2v) is 6.59. The van der Waals surface area contributed by atoms with Gasteiger partial charge < -0.3 is 10.2 Å². The molecule has 0 saturated carbocycles. The van der Waals surface area contributed by atoms with Crippen molar-refractivity contribution < 1.29 is 9.59 Å². The second-order valence-electron chi connectivity index (χ2n) is 6.59. The van der Waals surface area contributed by atoms with Gasteiger partial charge in [-0.05, 0) is 38.8 Å². The normalized spacial score (nSPS) is 15.5. The average Bonchev–Trinajstić information content (AvgIpc) is 3.14. The minimum Gasteiger partial charge on any atom is -0.348 e. The van der Waals surface area contributed by atoms with Crippen molar-refractivity contribution in [1.29, 1.82) is 0 Å². The molecule has 0 spiro atoms. The Hall–Kier alpha value is -2.63. The Bertz CT molecular complexity index is 796. The third kappa shape index (κ3) is 3.57. The van der Waals surface area contributed by atoms with Gasteiger partial charge in [-0.1, -0.05) is 18.2 Å². The van der Waals surface area contributed by atoms with E-state index in [1.54, 1.807) is 11.1 Å². The van der Waals surface area contributed by atoms with Gasteiger partial charge in [0.15, 0.2) is 0 Å². The third-order valence-electron chi connectivity index (χ3n) is 4.74. The van der Waals surface area contributed by atoms with Crippen molar-refractivity contribution in [3.8, 4) is 5.69 Å². The zero-order chi connectivity index (χ0) is 18.0. The van der Waals surface area contributed by atoms with Gasteiger partial charge in [0.05, 0.1) is 24.5 Å². The molecular formula is C19H24N4O2. The number of amides is 2. The molecule has 0 radical (unpaired) electrons. The molecule has 1 aromatic carbocycles. The number of benzene rings is 1. The van der Waals surface area contributed by atoms with Crippen LogP contribution in [0.3, 0.4) is 0 Å². The highest BCUT2D eigenvalue weighted by molar-refractivity contribution is 5.86. The van der Waals surface area contributed by atoms with Gasteiger partial charge >= 0.3 is 0 Å². The Morgan fingerprint density at radius 2 is 2.08 bits per heavy atom. The van der Waals surface area contributed by atoms with E-state index in [0.29, 0.717) is 13.0 Å². The topological polar surface area (TPSA) is 67.2 Å². The molecule has 1 N–H and O–H groups in total. The first-order valence-electron chi connectivity index (χ1n) is 8.65. The van der Waals surface area contributed by atoms with Crippen LogP contribution in [0.2, 0.25) is 0 Å². The van der Waals surface area contributed by atoms with Gasteiger partial charge in [-0.25, -0.2) is 4.68 Å². The van der Waals surface area contributed by atoms with E-state index in [-0.39, 0.29) is 24.4 Å². The number of carbonyl (C=O) groups is 2. The van der Waals surface area contributed by atoms with E-state index < -0.39 is 0 Å². The van der Waals surface area contributed by atoms with Crippen LogP contribution in [0.1, 0.15) is 42.6 Å². The van der Waals surface area contributed by atoms with Crippen LogP contribution in [0, 0.1) is 13.8 Å². The first-order chi connectivity index (χ1) is 12.0. The maximum Gasteiger partial charge on any atom is 0.240 e. The molecular weight excluding hydrogens is 316 g/mol. The summed E-state index contributed by atoms with van der Waals surface area (Å²) in [6.45, 7) is 6.80. The SMILES string of the molecule is Cc1ccccc1-n1ncc([C@H](C)NC(=O)CN2CCCC2=O)c1C. The lowest BCUT2D eigenvalue weighted by Crippen LogP contribution is -2.38. The van der Waals surface area contributed by atoms with Crippen LogP contribution in [-0.2, 0) is 9.59 Å². The Morgan fingerprint density at radius 3 is 2.76 bits per heavy atom. The number of likely N-dealkylation sites (tertiary alicyclic amines) is 1. The quantitative estimate of drug-likeness (QED) is 0.908. The zero-order valence-corrected chi connectivity index (χ0v) is 15.0. The summed E-state index contributed by atoms with van der Waals surface area (Å²) in [5.41, 5.74) is 4.15. The Morgan fingerprint density at radius 1 is 1.32 bits per heavy atom. The smallest absolute Gasteiger partial charge is 0.240 e. The molecule has 25 heavy (non-hydrogen) atoms. The predicted octanol–water partition coefficient (Wildman–Crippen LogP) is 2.29. The number of aryl methyl sites for hydroxylation is 1. The largest absolute Gasteiger partial charge is 0.348 e. The number of hydrogen-bond acceptors (Lipinski definition) is 3. The van der Waals surface area contributed by atoms with Crippen LogP contribution in [0.25, 0.3) is 5.69 Å². The first kappa shape index (κ1) is 17.2. The summed E-state index contributed by atoms with van der Waals surface area (Å²) in [4.78, 5) is 25.5. The summed E-state index contributed by atoms with van der Waals surface area (Å²) in [5, 5.41) is 7.47. The van der Waals surface area contributed by atoms with E-state index in [4.69, 9.17) is 0 Å². The van der Waals surface area contributed by atoms with Gasteiger partial charge in [0.1, 0.15) is 0 Å². The van der Waals surface area contributed by atoms with Crippen molar-refractivity contribution in [2.75, 3.05) is 13.1 Å². The van der Waals surface area contributed by atoms with Gasteiger partial charge in [-0.2, -0.15) is 5.10 Å². The van der Waals surface area contributed by atoms with Crippen LogP contribution >= 0.6 is 0 Å². The Labute approximate surface area is 147 Å². The highest BCUT2D eigenvalue weighted by atomic mass is 16.2. The fraction of sp³-hybridized carbons (Fsp3) is 0.421. The van der Waals surface area contributed by atoms with Gasteiger partial charge in [0, 0.05) is 24.2 Å². The Balaban J connectivity index is 1.71. The van der Waals surface area contributed by atoms with E-state index in [0.717, 1.165) is 28.9 Å². The minimum absolute atomic E-state index is 0.0614. The van der Waals surface area contributed by atoms with Crippen molar-refractivity contribution >= 4 is 11.8 Å². The molecule has 2 aromatic rings. The molecule has 6 nitrogen and oxygen atoms in total. The van der Waals surface area contributed by atoms with Crippen molar-refractivity contribution in [2.45, 2.75) is 39.7 Å². The number of para-hydroxylation sites is 1. The molecule has 0 aliphatic carbocycles. The van der Waals surface area contributed by atoms with Gasteiger partial charge in [-0.15, -0.1) is 0 Å². The van der Waals surface area contributed by atoms with E-state index in [2.05, 4.69) is 10.4 Å². The van der Waals surface area contributed by atoms with E-state index >= 15 is 0 Å². The van der Waals surface area contributed by atoms with E-state index in [1.165, 1.54) is 0 Å². The summed E-state index contributed by atoms with van der Waals surface area (Å²) < 4.78 is 1.90. The summed E-state index contributed by atoms with van der Waals surface area (Å²) >= 11 is 0. The number of nitrogens with one attached hydrogen (secondary N) is 1. The Kier molecular flexibility index (Phi) is 4.88. The molecule has 6 heteroatoms. The van der Waals surface area contributed by atoms with Crippen LogP contribution < -0.4 is 5.32 Å². The van der Waals surface area contributed by atoms with Crippen LogP contribution in [-0.4, -0.2) is 39.6 Å². The molecule has 0 bridgehead atoms. The van der Waals surface area contributed by atoms with Gasteiger partial charge in [0.2, 0.25) is 11.8 Å². The van der Waals surface area contributed by atoms with Crippen LogP contribution in [0.4, 0.5) is 0 Å². The van der Waals surface area contributed by atoms with Gasteiger partial charge in [-0.3, -0.25) is 9.59 Å². The molecule has 1 fully saturated rings. The molecule has 2 heterocycles. The summed E-state index contributed by atoms with van der Waals surface area (Å²) in [5.74, 6) is -0.0721. The van der Waals surface area contributed by atoms with Crippen LogP contribution in [0.5, 0.6) is 0 Å².